The molecule has 0 saturated heterocycles. The van der Waals surface area contributed by atoms with Gasteiger partial charge in [-0.2, -0.15) is 11.3 Å². The van der Waals surface area contributed by atoms with E-state index in [9.17, 15) is 8.42 Å². The zero-order valence-corrected chi connectivity index (χ0v) is 15.5. The Morgan fingerprint density at radius 2 is 2.08 bits per heavy atom. The molecule has 0 aliphatic rings. The number of hydrogen-bond acceptors (Lipinski definition) is 4. The minimum Gasteiger partial charge on any atom is -0.355 e. The second-order valence-electron chi connectivity index (χ2n) is 4.84. The molecule has 1 heterocycles. The summed E-state index contributed by atoms with van der Waals surface area (Å²) in [5.41, 5.74) is 1.17. The van der Waals surface area contributed by atoms with Crippen molar-refractivity contribution < 1.29 is 8.42 Å². The molecule has 0 fully saturated rings. The Balaban J connectivity index is 1.76. The molecule has 0 spiro atoms. The van der Waals surface area contributed by atoms with Gasteiger partial charge in [0.25, 0.3) is 0 Å². The fraction of sp³-hybridized carbons (Fsp3) is 0.267. The van der Waals surface area contributed by atoms with Crippen LogP contribution in [-0.4, -0.2) is 34.5 Å². The maximum absolute atomic E-state index is 12.1. The van der Waals surface area contributed by atoms with E-state index in [1.165, 1.54) is 17.7 Å². The number of benzene rings is 1. The van der Waals surface area contributed by atoms with Crippen LogP contribution >= 0.6 is 22.9 Å². The third kappa shape index (κ3) is 5.79. The molecule has 3 N–H and O–H groups in total. The summed E-state index contributed by atoms with van der Waals surface area (Å²) in [4.78, 5) is 4.24. The van der Waals surface area contributed by atoms with Crippen molar-refractivity contribution in [2.45, 2.75) is 11.4 Å². The second kappa shape index (κ2) is 9.03. The second-order valence-corrected chi connectivity index (χ2v) is 7.82. The van der Waals surface area contributed by atoms with E-state index in [2.05, 4.69) is 25.7 Å². The first-order valence-electron chi connectivity index (χ1n) is 7.22. The van der Waals surface area contributed by atoms with E-state index in [-0.39, 0.29) is 11.4 Å². The third-order valence-corrected chi connectivity index (χ3v) is 5.51. The fourth-order valence-corrected chi connectivity index (χ4v) is 3.88. The van der Waals surface area contributed by atoms with Crippen molar-refractivity contribution in [3.05, 3.63) is 51.7 Å². The maximum Gasteiger partial charge on any atom is 0.240 e. The van der Waals surface area contributed by atoms with E-state index in [4.69, 9.17) is 11.6 Å². The standard InChI is InChI=1S/C15H19ClN4O2S2/c1-17-15(19-10-12-5-8-23-11-12)18-6-7-20-24(21,22)14-4-2-3-13(16)9-14/h2-5,8-9,11,20H,6-7,10H2,1H3,(H2,17,18,19). The van der Waals surface area contributed by atoms with Gasteiger partial charge in [-0.1, -0.05) is 17.7 Å². The highest BCUT2D eigenvalue weighted by atomic mass is 35.5. The lowest BCUT2D eigenvalue weighted by molar-refractivity contribution is 0.580. The van der Waals surface area contributed by atoms with Gasteiger partial charge in [-0.05, 0) is 40.6 Å². The number of rotatable bonds is 7. The maximum atomic E-state index is 12.1. The van der Waals surface area contributed by atoms with Gasteiger partial charge < -0.3 is 10.6 Å². The van der Waals surface area contributed by atoms with Crippen LogP contribution < -0.4 is 15.4 Å². The molecule has 0 bridgehead atoms. The number of nitrogens with one attached hydrogen (secondary N) is 3. The first-order chi connectivity index (χ1) is 11.5. The van der Waals surface area contributed by atoms with Crippen molar-refractivity contribution in [1.82, 2.24) is 15.4 Å². The van der Waals surface area contributed by atoms with Gasteiger partial charge in [0.2, 0.25) is 10.0 Å². The number of hydrogen-bond donors (Lipinski definition) is 3. The molecule has 0 radical (unpaired) electrons. The lowest BCUT2D eigenvalue weighted by Gasteiger charge is -2.12. The van der Waals surface area contributed by atoms with Gasteiger partial charge in [0, 0.05) is 31.7 Å². The molecule has 0 unspecified atom stereocenters. The van der Waals surface area contributed by atoms with Crippen LogP contribution in [0.2, 0.25) is 5.02 Å². The fourth-order valence-electron chi connectivity index (χ4n) is 1.88. The zero-order valence-electron chi connectivity index (χ0n) is 13.1. The van der Waals surface area contributed by atoms with Crippen molar-refractivity contribution in [3.8, 4) is 0 Å². The van der Waals surface area contributed by atoms with E-state index < -0.39 is 10.0 Å². The van der Waals surface area contributed by atoms with E-state index >= 15 is 0 Å². The minimum atomic E-state index is -3.57. The Morgan fingerprint density at radius 1 is 1.25 bits per heavy atom. The lowest BCUT2D eigenvalue weighted by atomic mass is 10.3. The molecule has 0 amide bonds. The van der Waals surface area contributed by atoms with Crippen LogP contribution in [-0.2, 0) is 16.6 Å². The van der Waals surface area contributed by atoms with Crippen LogP contribution in [0.4, 0.5) is 0 Å². The summed E-state index contributed by atoms with van der Waals surface area (Å²) in [5.74, 6) is 0.614. The number of thiophene rings is 1. The van der Waals surface area contributed by atoms with Crippen LogP contribution in [0.5, 0.6) is 0 Å². The van der Waals surface area contributed by atoms with Crippen molar-refractivity contribution in [3.63, 3.8) is 0 Å². The number of halogens is 1. The largest absolute Gasteiger partial charge is 0.355 e. The molecule has 0 saturated carbocycles. The van der Waals surface area contributed by atoms with Crippen molar-refractivity contribution in [1.29, 1.82) is 0 Å². The summed E-state index contributed by atoms with van der Waals surface area (Å²) < 4.78 is 26.8. The van der Waals surface area contributed by atoms with Gasteiger partial charge in [-0.25, -0.2) is 13.1 Å². The molecule has 1 aromatic heterocycles. The Hall–Kier alpha value is -1.61. The number of sulfonamides is 1. The zero-order chi connectivity index (χ0) is 17.4. The SMILES string of the molecule is CN=C(NCCNS(=O)(=O)c1cccc(Cl)c1)NCc1ccsc1. The first-order valence-corrected chi connectivity index (χ1v) is 10.0. The normalized spacial score (nSPS) is 12.2. The minimum absolute atomic E-state index is 0.148. The Morgan fingerprint density at radius 3 is 2.75 bits per heavy atom. The van der Waals surface area contributed by atoms with Gasteiger partial charge in [0.1, 0.15) is 0 Å². The Labute approximate surface area is 151 Å². The summed E-state index contributed by atoms with van der Waals surface area (Å²) >= 11 is 7.46. The average Bonchev–Trinajstić information content (AvgIpc) is 3.07. The molecule has 1 aromatic carbocycles. The van der Waals surface area contributed by atoms with E-state index in [0.29, 0.717) is 24.1 Å². The summed E-state index contributed by atoms with van der Waals surface area (Å²) in [5, 5.41) is 10.7. The third-order valence-electron chi connectivity index (χ3n) is 3.08. The van der Waals surface area contributed by atoms with Gasteiger partial charge in [-0.15, -0.1) is 0 Å². The average molecular weight is 387 g/mol. The monoisotopic (exact) mass is 386 g/mol. The highest BCUT2D eigenvalue weighted by Gasteiger charge is 2.13. The number of guanidine groups is 1. The van der Waals surface area contributed by atoms with Crippen molar-refractivity contribution >= 4 is 38.9 Å². The molecule has 130 valence electrons. The van der Waals surface area contributed by atoms with Crippen LogP contribution in [0.1, 0.15) is 5.56 Å². The van der Waals surface area contributed by atoms with Crippen LogP contribution in [0.15, 0.2) is 51.0 Å². The van der Waals surface area contributed by atoms with Crippen LogP contribution in [0.25, 0.3) is 0 Å². The van der Waals surface area contributed by atoms with Crippen LogP contribution in [0, 0.1) is 0 Å². The quantitative estimate of drug-likeness (QED) is 0.386. The van der Waals surface area contributed by atoms with Gasteiger partial charge in [0.05, 0.1) is 4.90 Å². The van der Waals surface area contributed by atoms with E-state index in [1.807, 2.05) is 11.4 Å². The molecule has 2 rings (SSSR count). The molecular formula is C15H19ClN4O2S2. The molecule has 2 aromatic rings. The number of nitrogens with zero attached hydrogens (tertiary/aromatic N) is 1. The van der Waals surface area contributed by atoms with E-state index in [0.717, 1.165) is 0 Å². The summed E-state index contributed by atoms with van der Waals surface area (Å²) in [6, 6.07) is 8.18. The van der Waals surface area contributed by atoms with Crippen molar-refractivity contribution in [2.24, 2.45) is 4.99 Å². The topological polar surface area (TPSA) is 82.6 Å². The molecule has 24 heavy (non-hydrogen) atoms. The van der Waals surface area contributed by atoms with Gasteiger partial charge in [0.15, 0.2) is 5.96 Å². The molecule has 9 heteroatoms. The summed E-state index contributed by atoms with van der Waals surface area (Å²) in [6.07, 6.45) is 0. The Kier molecular flexibility index (Phi) is 7.04. The summed E-state index contributed by atoms with van der Waals surface area (Å²) in [7, 11) is -1.90. The molecular weight excluding hydrogens is 368 g/mol. The molecule has 0 atom stereocenters. The molecule has 0 aliphatic carbocycles. The van der Waals surface area contributed by atoms with Gasteiger partial charge >= 0.3 is 0 Å². The summed E-state index contributed by atoms with van der Waals surface area (Å²) in [6.45, 7) is 1.30. The highest BCUT2D eigenvalue weighted by Crippen LogP contribution is 2.14. The highest BCUT2D eigenvalue weighted by molar-refractivity contribution is 7.89. The Bertz CT molecular complexity index is 777. The molecule has 6 nitrogen and oxygen atoms in total. The number of aliphatic imine (C=N–C) groups is 1. The smallest absolute Gasteiger partial charge is 0.240 e. The van der Waals surface area contributed by atoms with E-state index in [1.54, 1.807) is 30.5 Å². The van der Waals surface area contributed by atoms with Crippen molar-refractivity contribution in [2.75, 3.05) is 20.1 Å². The van der Waals surface area contributed by atoms with Gasteiger partial charge in [-0.3, -0.25) is 4.99 Å². The molecule has 0 aliphatic heterocycles. The lowest BCUT2D eigenvalue weighted by Crippen LogP contribution is -2.41. The predicted octanol–water partition coefficient (Wildman–Crippen LogP) is 2.04. The van der Waals surface area contributed by atoms with Crippen LogP contribution in [0.3, 0.4) is 0 Å². The predicted molar refractivity (Wildman–Crippen MR) is 99.2 cm³/mol. The first kappa shape index (κ1) is 18.7.